The molecule has 3 aromatic carbocycles. The molecule has 208 valence electrons. The van der Waals surface area contributed by atoms with Crippen molar-refractivity contribution in [3.8, 4) is 0 Å². The van der Waals surface area contributed by atoms with Gasteiger partial charge in [-0.15, -0.1) is 0 Å². The number of benzene rings is 3. The summed E-state index contributed by atoms with van der Waals surface area (Å²) < 4.78 is 42.3. The number of hydrogen-bond acceptors (Lipinski definition) is 4. The molecule has 1 atom stereocenters. The van der Waals surface area contributed by atoms with Crippen LogP contribution in [0.5, 0.6) is 0 Å². The number of halogens is 1. The lowest BCUT2D eigenvalue weighted by Crippen LogP contribution is -2.51. The van der Waals surface area contributed by atoms with Crippen LogP contribution in [0.25, 0.3) is 0 Å². The van der Waals surface area contributed by atoms with Gasteiger partial charge in [-0.05, 0) is 74.2 Å². The van der Waals surface area contributed by atoms with E-state index in [1.54, 1.807) is 38.1 Å². The Bertz CT molecular complexity index is 1370. The second-order valence-corrected chi connectivity index (χ2v) is 11.7. The molecule has 2 amide bonds. The molecule has 0 bridgehead atoms. The van der Waals surface area contributed by atoms with Crippen molar-refractivity contribution in [2.45, 2.75) is 58.0 Å². The lowest BCUT2D eigenvalue weighted by Gasteiger charge is -2.32. The number of carbonyl (C=O) groups excluding carboxylic acids is 2. The molecule has 0 aromatic heterocycles. The maximum Gasteiger partial charge on any atom is 0.264 e. The summed E-state index contributed by atoms with van der Waals surface area (Å²) in [6, 6.07) is 18.2. The van der Waals surface area contributed by atoms with Crippen molar-refractivity contribution in [1.29, 1.82) is 0 Å². The Balaban J connectivity index is 2.03. The Kier molecular flexibility index (Phi) is 9.86. The fourth-order valence-corrected chi connectivity index (χ4v) is 5.50. The number of carbonyl (C=O) groups is 2. The number of likely N-dealkylation sites (N-methyl/N-ethyl adjacent to an activating group) is 1. The quantitative estimate of drug-likeness (QED) is 0.362. The van der Waals surface area contributed by atoms with Crippen molar-refractivity contribution in [2.75, 3.05) is 17.4 Å². The van der Waals surface area contributed by atoms with Crippen LogP contribution in [0.2, 0.25) is 0 Å². The van der Waals surface area contributed by atoms with Crippen LogP contribution in [-0.4, -0.2) is 44.3 Å². The molecular weight excluding hydrogens is 517 g/mol. The molecule has 0 saturated carbocycles. The molecule has 0 aliphatic carbocycles. The average Bonchev–Trinajstić information content (AvgIpc) is 2.91. The molecule has 0 fully saturated rings. The first-order valence-electron chi connectivity index (χ1n) is 12.9. The van der Waals surface area contributed by atoms with Gasteiger partial charge < -0.3 is 10.2 Å². The summed E-state index contributed by atoms with van der Waals surface area (Å²) in [6.07, 6.45) is 0. The highest BCUT2D eigenvalue weighted by Crippen LogP contribution is 2.27. The van der Waals surface area contributed by atoms with Gasteiger partial charge in [0, 0.05) is 13.1 Å². The predicted octanol–water partition coefficient (Wildman–Crippen LogP) is 5.01. The molecule has 0 unspecified atom stereocenters. The zero-order valence-corrected chi connectivity index (χ0v) is 23.8. The van der Waals surface area contributed by atoms with Gasteiger partial charge in [-0.25, -0.2) is 12.8 Å². The van der Waals surface area contributed by atoms with Crippen molar-refractivity contribution in [3.05, 3.63) is 95.3 Å². The van der Waals surface area contributed by atoms with Crippen molar-refractivity contribution < 1.29 is 22.4 Å². The Labute approximate surface area is 230 Å². The van der Waals surface area contributed by atoms with Crippen LogP contribution in [0, 0.1) is 12.7 Å². The van der Waals surface area contributed by atoms with Gasteiger partial charge in [0.05, 0.1) is 10.6 Å². The summed E-state index contributed by atoms with van der Waals surface area (Å²) in [7, 11) is -4.13. The van der Waals surface area contributed by atoms with Gasteiger partial charge in [0.1, 0.15) is 18.4 Å². The molecule has 0 aliphatic rings. The van der Waals surface area contributed by atoms with E-state index < -0.39 is 34.3 Å². The third-order valence-electron chi connectivity index (χ3n) is 6.52. The lowest BCUT2D eigenvalue weighted by molar-refractivity contribution is -0.139. The number of aryl methyl sites for hydroxylation is 1. The summed E-state index contributed by atoms with van der Waals surface area (Å²) >= 11 is 0. The third kappa shape index (κ3) is 7.44. The monoisotopic (exact) mass is 553 g/mol. The summed E-state index contributed by atoms with van der Waals surface area (Å²) in [5, 5.41) is 2.71. The molecule has 0 radical (unpaired) electrons. The highest BCUT2D eigenvalue weighted by Gasteiger charge is 2.32. The van der Waals surface area contributed by atoms with Crippen LogP contribution in [0.15, 0.2) is 77.7 Å². The summed E-state index contributed by atoms with van der Waals surface area (Å²) in [6.45, 7) is 9.14. The van der Waals surface area contributed by atoms with Crippen LogP contribution >= 0.6 is 0 Å². The average molecular weight is 554 g/mol. The molecular formula is C30H36FN3O4S. The summed E-state index contributed by atoms with van der Waals surface area (Å²) in [4.78, 5) is 27.9. The predicted molar refractivity (Wildman–Crippen MR) is 151 cm³/mol. The Hall–Kier alpha value is -3.72. The molecule has 7 nitrogen and oxygen atoms in total. The Morgan fingerprint density at radius 3 is 2.03 bits per heavy atom. The fraction of sp³-hybridized carbons (Fsp3) is 0.333. The molecule has 3 aromatic rings. The zero-order valence-electron chi connectivity index (χ0n) is 23.0. The van der Waals surface area contributed by atoms with Gasteiger partial charge in [-0.3, -0.25) is 13.9 Å². The minimum Gasteiger partial charge on any atom is -0.355 e. The number of hydrogen-bond donors (Lipinski definition) is 1. The highest BCUT2D eigenvalue weighted by molar-refractivity contribution is 7.92. The second-order valence-electron chi connectivity index (χ2n) is 9.79. The van der Waals surface area contributed by atoms with E-state index in [0.29, 0.717) is 17.8 Å². The van der Waals surface area contributed by atoms with Gasteiger partial charge in [0.2, 0.25) is 11.8 Å². The number of amides is 2. The lowest BCUT2D eigenvalue weighted by atomic mass is 10.0. The largest absolute Gasteiger partial charge is 0.355 e. The van der Waals surface area contributed by atoms with E-state index in [1.807, 2.05) is 32.9 Å². The van der Waals surface area contributed by atoms with Crippen molar-refractivity contribution in [1.82, 2.24) is 10.2 Å². The number of sulfonamides is 1. The van der Waals surface area contributed by atoms with Crippen LogP contribution in [0.3, 0.4) is 0 Å². The normalized spacial score (nSPS) is 12.2. The van der Waals surface area contributed by atoms with E-state index in [9.17, 15) is 22.4 Å². The molecule has 3 rings (SSSR count). The van der Waals surface area contributed by atoms with Crippen LogP contribution < -0.4 is 9.62 Å². The fourth-order valence-electron chi connectivity index (χ4n) is 4.08. The molecule has 0 heterocycles. The maximum atomic E-state index is 13.9. The van der Waals surface area contributed by atoms with Gasteiger partial charge in [-0.1, -0.05) is 55.8 Å². The third-order valence-corrected chi connectivity index (χ3v) is 8.31. The topological polar surface area (TPSA) is 86.8 Å². The van der Waals surface area contributed by atoms with E-state index >= 15 is 0 Å². The van der Waals surface area contributed by atoms with E-state index in [1.165, 1.54) is 41.3 Å². The van der Waals surface area contributed by atoms with Gasteiger partial charge in [-0.2, -0.15) is 0 Å². The molecule has 0 aliphatic heterocycles. The van der Waals surface area contributed by atoms with E-state index in [0.717, 1.165) is 15.4 Å². The van der Waals surface area contributed by atoms with E-state index in [4.69, 9.17) is 0 Å². The number of anilines is 1. The first-order chi connectivity index (χ1) is 18.4. The van der Waals surface area contributed by atoms with Crippen LogP contribution in [-0.2, 0) is 26.2 Å². The van der Waals surface area contributed by atoms with Crippen LogP contribution in [0.4, 0.5) is 10.1 Å². The van der Waals surface area contributed by atoms with Gasteiger partial charge in [0.15, 0.2) is 0 Å². The van der Waals surface area contributed by atoms with E-state index in [2.05, 4.69) is 5.32 Å². The molecule has 0 spiro atoms. The maximum absolute atomic E-state index is 13.9. The van der Waals surface area contributed by atoms with Crippen molar-refractivity contribution in [2.24, 2.45) is 0 Å². The molecule has 9 heteroatoms. The zero-order chi connectivity index (χ0) is 28.7. The summed E-state index contributed by atoms with van der Waals surface area (Å²) in [5.41, 5.74) is 2.87. The minimum absolute atomic E-state index is 0.00210. The first-order valence-corrected chi connectivity index (χ1v) is 14.4. The SMILES string of the molecule is CCNC(=O)[C@@H](C)N(Cc1ccc(F)cc1)C(=O)CN(c1ccc(C(C)C)cc1)S(=O)(=O)c1ccc(C)cc1. The summed E-state index contributed by atoms with van der Waals surface area (Å²) in [5.74, 6) is -1.12. The molecule has 0 saturated heterocycles. The number of rotatable bonds is 11. The Morgan fingerprint density at radius 2 is 1.49 bits per heavy atom. The highest BCUT2D eigenvalue weighted by atomic mass is 32.2. The smallest absolute Gasteiger partial charge is 0.264 e. The van der Waals surface area contributed by atoms with E-state index in [-0.39, 0.29) is 23.3 Å². The van der Waals surface area contributed by atoms with Crippen LogP contribution in [0.1, 0.15) is 50.3 Å². The van der Waals surface area contributed by atoms with Crippen molar-refractivity contribution >= 4 is 27.5 Å². The second kappa shape index (κ2) is 12.9. The number of nitrogens with one attached hydrogen (secondary N) is 1. The first kappa shape index (κ1) is 29.8. The van der Waals surface area contributed by atoms with Crippen molar-refractivity contribution in [3.63, 3.8) is 0 Å². The molecule has 39 heavy (non-hydrogen) atoms. The van der Waals surface area contributed by atoms with Gasteiger partial charge in [0.25, 0.3) is 10.0 Å². The number of nitrogens with zero attached hydrogens (tertiary/aromatic N) is 2. The minimum atomic E-state index is -4.13. The standard InChI is InChI=1S/C30H36FN3O4S/c1-6-32-30(36)23(5)33(19-24-9-13-26(31)14-10-24)29(35)20-34(27-15-11-25(12-16-27)21(2)3)39(37,38)28-17-7-22(4)8-18-28/h7-18,21,23H,6,19-20H2,1-5H3,(H,32,36)/t23-/m1/s1. The molecule has 1 N–H and O–H groups in total. The van der Waals surface area contributed by atoms with Gasteiger partial charge >= 0.3 is 0 Å². The Morgan fingerprint density at radius 1 is 0.897 bits per heavy atom.